The molecule has 128 valence electrons. The van der Waals surface area contributed by atoms with Gasteiger partial charge < -0.3 is 15.4 Å². The number of alkyl carbamates (subject to hydrolysis) is 1. The van der Waals surface area contributed by atoms with E-state index in [1.54, 1.807) is 0 Å². The Morgan fingerprint density at radius 3 is 2.74 bits per heavy atom. The van der Waals surface area contributed by atoms with Crippen molar-refractivity contribution >= 4 is 43.6 Å². The van der Waals surface area contributed by atoms with Gasteiger partial charge in [-0.15, -0.1) is 0 Å². The molecule has 0 heterocycles. The smallest absolute Gasteiger partial charge is 0.407 e. The largest absolute Gasteiger partial charge is 0.444 e. The van der Waals surface area contributed by atoms with Gasteiger partial charge in [-0.2, -0.15) is 0 Å². The van der Waals surface area contributed by atoms with Crippen molar-refractivity contribution in [3.63, 3.8) is 0 Å². The van der Waals surface area contributed by atoms with E-state index >= 15 is 0 Å². The fourth-order valence-corrected chi connectivity index (χ4v) is 3.53. The normalized spacial score (nSPS) is 21.1. The van der Waals surface area contributed by atoms with E-state index in [1.165, 1.54) is 6.42 Å². The molecule has 23 heavy (non-hydrogen) atoms. The summed E-state index contributed by atoms with van der Waals surface area (Å²) in [7, 11) is 0. The quantitative estimate of drug-likeness (QED) is 0.656. The predicted molar refractivity (Wildman–Crippen MR) is 101 cm³/mol. The average Bonchev–Trinajstić information content (AvgIpc) is 2.86. The molecule has 6 heteroatoms. The van der Waals surface area contributed by atoms with Crippen LogP contribution in [-0.4, -0.2) is 24.3 Å². The molecule has 0 saturated heterocycles. The first-order valence-electron chi connectivity index (χ1n) is 7.93. The molecule has 0 aliphatic heterocycles. The number of rotatable bonds is 4. The van der Waals surface area contributed by atoms with Crippen molar-refractivity contribution in [3.8, 4) is 0 Å². The van der Waals surface area contributed by atoms with Gasteiger partial charge in [0.05, 0.1) is 0 Å². The van der Waals surface area contributed by atoms with Crippen LogP contribution < -0.4 is 10.6 Å². The predicted octanol–water partition coefficient (Wildman–Crippen LogP) is 5.32. The first-order chi connectivity index (χ1) is 10.7. The molecule has 2 atom stereocenters. The molecular formula is C17H24Br2N2O2. The average molecular weight is 448 g/mol. The number of carbonyl (C=O) groups excluding carboxylic acids is 1. The van der Waals surface area contributed by atoms with Gasteiger partial charge >= 0.3 is 6.09 Å². The Morgan fingerprint density at radius 2 is 2.04 bits per heavy atom. The van der Waals surface area contributed by atoms with E-state index in [4.69, 9.17) is 4.74 Å². The Hall–Kier alpha value is -0.750. The Kier molecular flexibility index (Phi) is 6.37. The molecule has 2 rings (SSSR count). The van der Waals surface area contributed by atoms with Gasteiger partial charge in [0.1, 0.15) is 5.60 Å². The number of benzene rings is 1. The first kappa shape index (κ1) is 18.6. The number of carbonyl (C=O) groups is 1. The Labute approximate surface area is 155 Å². The second-order valence-corrected chi connectivity index (χ2v) is 8.72. The van der Waals surface area contributed by atoms with Gasteiger partial charge in [0.15, 0.2) is 0 Å². The van der Waals surface area contributed by atoms with Crippen LogP contribution in [0.3, 0.4) is 0 Å². The van der Waals surface area contributed by atoms with E-state index in [0.717, 1.165) is 27.5 Å². The summed E-state index contributed by atoms with van der Waals surface area (Å²) in [6.45, 7) is 6.25. The zero-order chi connectivity index (χ0) is 17.0. The number of ether oxygens (including phenoxy) is 1. The monoisotopic (exact) mass is 446 g/mol. The Balaban J connectivity index is 1.90. The van der Waals surface area contributed by atoms with Gasteiger partial charge in [-0.3, -0.25) is 0 Å². The molecule has 1 saturated carbocycles. The molecule has 1 aliphatic rings. The molecule has 1 aliphatic carbocycles. The highest BCUT2D eigenvalue weighted by molar-refractivity contribution is 9.11. The van der Waals surface area contributed by atoms with E-state index in [2.05, 4.69) is 48.6 Å². The van der Waals surface area contributed by atoms with Crippen molar-refractivity contribution < 1.29 is 9.53 Å². The highest BCUT2D eigenvalue weighted by Gasteiger charge is 2.28. The van der Waals surface area contributed by atoms with Crippen LogP contribution in [0.4, 0.5) is 10.5 Å². The van der Waals surface area contributed by atoms with Crippen molar-refractivity contribution in [1.82, 2.24) is 5.32 Å². The zero-order valence-corrected chi connectivity index (χ0v) is 17.0. The van der Waals surface area contributed by atoms with Crippen molar-refractivity contribution in [3.05, 3.63) is 27.1 Å². The fourth-order valence-electron chi connectivity index (χ4n) is 2.81. The van der Waals surface area contributed by atoms with E-state index < -0.39 is 5.60 Å². The van der Waals surface area contributed by atoms with E-state index in [9.17, 15) is 4.79 Å². The summed E-state index contributed by atoms with van der Waals surface area (Å²) in [5.74, 6) is 0.411. The summed E-state index contributed by atoms with van der Waals surface area (Å²) in [6, 6.07) is 6.46. The van der Waals surface area contributed by atoms with Crippen molar-refractivity contribution in [2.45, 2.75) is 51.7 Å². The minimum atomic E-state index is -0.460. The van der Waals surface area contributed by atoms with Crippen LogP contribution in [0.2, 0.25) is 0 Å². The van der Waals surface area contributed by atoms with Gasteiger partial charge in [0.25, 0.3) is 0 Å². The van der Waals surface area contributed by atoms with Crippen LogP contribution in [0.1, 0.15) is 40.0 Å². The molecule has 0 spiro atoms. The molecule has 1 aromatic carbocycles. The number of anilines is 1. The lowest BCUT2D eigenvalue weighted by molar-refractivity contribution is 0.0519. The maximum Gasteiger partial charge on any atom is 0.407 e. The molecular weight excluding hydrogens is 424 g/mol. The maximum atomic E-state index is 11.8. The summed E-state index contributed by atoms with van der Waals surface area (Å²) in [5.41, 5.74) is 0.618. The van der Waals surface area contributed by atoms with Crippen molar-refractivity contribution in [2.24, 2.45) is 5.92 Å². The molecule has 1 fully saturated rings. The standard InChI is InChI=1S/C17H24Br2N2O2/c1-17(2,3)23-16(22)20-10-11-5-4-6-14(11)21-15-9-12(18)7-8-13(15)19/h7-9,11,14,21H,4-6,10H2,1-3H3,(H,20,22). The molecule has 0 bridgehead atoms. The lowest BCUT2D eigenvalue weighted by Gasteiger charge is -2.24. The van der Waals surface area contributed by atoms with Crippen LogP contribution in [0.15, 0.2) is 27.1 Å². The van der Waals surface area contributed by atoms with Crippen molar-refractivity contribution in [1.29, 1.82) is 0 Å². The topological polar surface area (TPSA) is 50.4 Å². The van der Waals surface area contributed by atoms with Gasteiger partial charge in [-0.05, 0) is 73.7 Å². The van der Waals surface area contributed by atoms with Crippen LogP contribution >= 0.6 is 31.9 Å². The van der Waals surface area contributed by atoms with Crippen molar-refractivity contribution in [2.75, 3.05) is 11.9 Å². The molecule has 2 N–H and O–H groups in total. The molecule has 1 amide bonds. The third kappa shape index (κ3) is 5.99. The highest BCUT2D eigenvalue weighted by Crippen LogP contribution is 2.32. The lowest BCUT2D eigenvalue weighted by atomic mass is 10.0. The number of nitrogens with one attached hydrogen (secondary N) is 2. The molecule has 2 unspecified atom stereocenters. The minimum Gasteiger partial charge on any atom is -0.444 e. The van der Waals surface area contributed by atoms with Gasteiger partial charge in [-0.25, -0.2) is 4.79 Å². The van der Waals surface area contributed by atoms with E-state index in [1.807, 2.05) is 32.9 Å². The Morgan fingerprint density at radius 1 is 1.30 bits per heavy atom. The summed E-state index contributed by atoms with van der Waals surface area (Å²) < 4.78 is 7.40. The van der Waals surface area contributed by atoms with Gasteiger partial charge in [-0.1, -0.05) is 22.4 Å². The second-order valence-electron chi connectivity index (χ2n) is 6.95. The van der Waals surface area contributed by atoms with Crippen LogP contribution in [0, 0.1) is 5.92 Å². The minimum absolute atomic E-state index is 0.341. The second kappa shape index (κ2) is 7.88. The third-order valence-corrected chi connectivity index (χ3v) is 5.02. The van der Waals surface area contributed by atoms with Crippen LogP contribution in [0.5, 0.6) is 0 Å². The van der Waals surface area contributed by atoms with E-state index in [-0.39, 0.29) is 6.09 Å². The number of halogens is 2. The summed E-state index contributed by atoms with van der Waals surface area (Å²) >= 11 is 7.08. The van der Waals surface area contributed by atoms with Gasteiger partial charge in [0.2, 0.25) is 0 Å². The van der Waals surface area contributed by atoms with E-state index in [0.29, 0.717) is 18.5 Å². The summed E-state index contributed by atoms with van der Waals surface area (Å²) in [6.07, 6.45) is 3.05. The SMILES string of the molecule is CC(C)(C)OC(=O)NCC1CCCC1Nc1cc(Br)ccc1Br. The Bertz CT molecular complexity index is 558. The zero-order valence-electron chi connectivity index (χ0n) is 13.8. The van der Waals surface area contributed by atoms with Crippen LogP contribution in [0.25, 0.3) is 0 Å². The fraction of sp³-hybridized carbons (Fsp3) is 0.588. The first-order valence-corrected chi connectivity index (χ1v) is 9.51. The third-order valence-electron chi connectivity index (χ3n) is 3.84. The highest BCUT2D eigenvalue weighted by atomic mass is 79.9. The number of amides is 1. The number of hydrogen-bond acceptors (Lipinski definition) is 3. The summed E-state index contributed by atoms with van der Waals surface area (Å²) in [4.78, 5) is 11.8. The molecule has 0 radical (unpaired) electrons. The van der Waals surface area contributed by atoms with Crippen LogP contribution in [-0.2, 0) is 4.74 Å². The molecule has 0 aromatic heterocycles. The lowest BCUT2D eigenvalue weighted by Crippen LogP contribution is -2.38. The molecule has 1 aromatic rings. The maximum absolute atomic E-state index is 11.8. The number of hydrogen-bond donors (Lipinski definition) is 2. The summed E-state index contributed by atoms with van der Waals surface area (Å²) in [5, 5.41) is 6.50. The van der Waals surface area contributed by atoms with Gasteiger partial charge in [0, 0.05) is 27.2 Å². The molecule has 4 nitrogen and oxygen atoms in total.